The van der Waals surface area contributed by atoms with Gasteiger partial charge in [-0.2, -0.15) is 0 Å². The first-order valence-electron chi connectivity index (χ1n) is 8.91. The van der Waals surface area contributed by atoms with E-state index in [0.29, 0.717) is 6.42 Å². The highest BCUT2D eigenvalue weighted by molar-refractivity contribution is 5.97. The number of morpholine rings is 1. The lowest BCUT2D eigenvalue weighted by molar-refractivity contribution is -0.119. The molecule has 6 heteroatoms. The van der Waals surface area contributed by atoms with E-state index in [1.807, 2.05) is 47.3 Å². The zero-order valence-electron chi connectivity index (χ0n) is 14.6. The molecule has 1 aromatic carbocycles. The normalized spacial score (nSPS) is 22.8. The van der Waals surface area contributed by atoms with Crippen LogP contribution in [0, 0.1) is 0 Å². The smallest absolute Gasteiger partial charge is 0.231 e. The first-order valence-corrected chi connectivity index (χ1v) is 8.91. The van der Waals surface area contributed by atoms with E-state index in [-0.39, 0.29) is 12.1 Å². The molecule has 1 unspecified atom stereocenters. The summed E-state index contributed by atoms with van der Waals surface area (Å²) in [5, 5.41) is 0. The number of benzene rings is 1. The highest BCUT2D eigenvalue weighted by Crippen LogP contribution is 2.28. The molecular formula is C19H24N4O2. The van der Waals surface area contributed by atoms with Crippen LogP contribution in [-0.4, -0.2) is 67.6 Å². The molecule has 0 aliphatic carbocycles. The van der Waals surface area contributed by atoms with Crippen molar-refractivity contribution in [3.05, 3.63) is 42.1 Å². The maximum absolute atomic E-state index is 12.9. The van der Waals surface area contributed by atoms with Gasteiger partial charge >= 0.3 is 0 Å². The number of hydrogen-bond acceptors (Lipinski definition) is 5. The van der Waals surface area contributed by atoms with Crippen molar-refractivity contribution < 1.29 is 9.53 Å². The molecule has 132 valence electrons. The minimum absolute atomic E-state index is 0.141. The lowest BCUT2D eigenvalue weighted by atomic mass is 10.2. The Morgan fingerprint density at radius 1 is 1.24 bits per heavy atom. The number of para-hydroxylation sites is 1. The van der Waals surface area contributed by atoms with Crippen molar-refractivity contribution in [3.63, 3.8) is 0 Å². The monoisotopic (exact) mass is 340 g/mol. The number of anilines is 1. The molecule has 4 rings (SSSR count). The molecule has 3 heterocycles. The second kappa shape index (κ2) is 6.88. The van der Waals surface area contributed by atoms with E-state index in [1.165, 1.54) is 5.56 Å². The number of amidine groups is 1. The summed E-state index contributed by atoms with van der Waals surface area (Å²) in [7, 11) is 1.98. The molecule has 3 aliphatic rings. The summed E-state index contributed by atoms with van der Waals surface area (Å²) in [4.78, 5) is 23.9. The van der Waals surface area contributed by atoms with Crippen molar-refractivity contribution in [2.45, 2.75) is 19.0 Å². The van der Waals surface area contributed by atoms with Crippen molar-refractivity contribution in [2.75, 3.05) is 44.8 Å². The van der Waals surface area contributed by atoms with Gasteiger partial charge in [-0.25, -0.2) is 4.99 Å². The van der Waals surface area contributed by atoms with Gasteiger partial charge in [-0.05, 0) is 24.1 Å². The number of rotatable bonds is 2. The summed E-state index contributed by atoms with van der Waals surface area (Å²) in [6, 6.07) is 8.17. The maximum atomic E-state index is 12.9. The summed E-state index contributed by atoms with van der Waals surface area (Å²) in [6.07, 6.45) is 5.22. The van der Waals surface area contributed by atoms with Crippen LogP contribution in [0.25, 0.3) is 0 Å². The zero-order chi connectivity index (χ0) is 17.2. The second-order valence-corrected chi connectivity index (χ2v) is 6.68. The molecule has 0 saturated carbocycles. The Morgan fingerprint density at radius 3 is 2.88 bits per heavy atom. The van der Waals surface area contributed by atoms with Crippen LogP contribution in [-0.2, 0) is 16.0 Å². The highest BCUT2D eigenvalue weighted by atomic mass is 16.5. The van der Waals surface area contributed by atoms with Gasteiger partial charge in [-0.3, -0.25) is 4.79 Å². The fraction of sp³-hybridized carbons (Fsp3) is 0.474. The second-order valence-electron chi connectivity index (χ2n) is 6.68. The van der Waals surface area contributed by atoms with Crippen LogP contribution in [0.4, 0.5) is 5.69 Å². The molecule has 1 saturated heterocycles. The summed E-state index contributed by atoms with van der Waals surface area (Å²) in [6.45, 7) is 3.94. The van der Waals surface area contributed by atoms with E-state index in [2.05, 4.69) is 11.0 Å². The highest BCUT2D eigenvalue weighted by Gasteiger charge is 2.28. The van der Waals surface area contributed by atoms with Crippen molar-refractivity contribution in [1.29, 1.82) is 0 Å². The van der Waals surface area contributed by atoms with Gasteiger partial charge in [0.1, 0.15) is 12.0 Å². The zero-order valence-corrected chi connectivity index (χ0v) is 14.6. The van der Waals surface area contributed by atoms with Crippen LogP contribution >= 0.6 is 0 Å². The molecule has 0 aromatic heterocycles. The number of fused-ring (bicyclic) bond motifs is 1. The summed E-state index contributed by atoms with van der Waals surface area (Å²) >= 11 is 0. The third kappa shape index (κ3) is 3.26. The van der Waals surface area contributed by atoms with Crippen LogP contribution in [0.3, 0.4) is 0 Å². The molecule has 0 N–H and O–H groups in total. The Morgan fingerprint density at radius 2 is 2.04 bits per heavy atom. The van der Waals surface area contributed by atoms with Crippen molar-refractivity contribution in [2.24, 2.45) is 4.99 Å². The molecule has 25 heavy (non-hydrogen) atoms. The van der Waals surface area contributed by atoms with Crippen LogP contribution in [0.1, 0.15) is 12.0 Å². The minimum Gasteiger partial charge on any atom is -0.378 e. The molecule has 3 aliphatic heterocycles. The molecule has 1 aromatic rings. The Kier molecular flexibility index (Phi) is 4.44. The van der Waals surface area contributed by atoms with E-state index in [1.54, 1.807) is 0 Å². The predicted octanol–water partition coefficient (Wildman–Crippen LogP) is 1.48. The number of carbonyl (C=O) groups excluding carboxylic acids is 1. The quantitative estimate of drug-likeness (QED) is 0.818. The van der Waals surface area contributed by atoms with E-state index in [0.717, 1.165) is 50.8 Å². The SMILES string of the molecule is CN1C=CC(N2CCOCC2)=NC1CC(=O)N1CCc2ccccc21. The van der Waals surface area contributed by atoms with E-state index in [9.17, 15) is 4.79 Å². The predicted molar refractivity (Wildman–Crippen MR) is 97.6 cm³/mol. The maximum Gasteiger partial charge on any atom is 0.231 e. The minimum atomic E-state index is -0.150. The van der Waals surface area contributed by atoms with Crippen LogP contribution in [0.5, 0.6) is 0 Å². The van der Waals surface area contributed by atoms with E-state index < -0.39 is 0 Å². The van der Waals surface area contributed by atoms with Gasteiger partial charge in [0.05, 0.1) is 19.6 Å². The molecule has 1 fully saturated rings. The average molecular weight is 340 g/mol. The molecule has 1 atom stereocenters. The number of nitrogens with zero attached hydrogens (tertiary/aromatic N) is 4. The summed E-state index contributed by atoms with van der Waals surface area (Å²) in [5.41, 5.74) is 2.31. The van der Waals surface area contributed by atoms with Crippen LogP contribution in [0.2, 0.25) is 0 Å². The third-order valence-corrected chi connectivity index (χ3v) is 5.09. The number of hydrogen-bond donors (Lipinski definition) is 0. The molecule has 0 spiro atoms. The summed E-state index contributed by atoms with van der Waals surface area (Å²) < 4.78 is 5.41. The van der Waals surface area contributed by atoms with Crippen LogP contribution in [0.15, 0.2) is 41.5 Å². The van der Waals surface area contributed by atoms with Crippen molar-refractivity contribution in [3.8, 4) is 0 Å². The molecule has 1 amide bonds. The third-order valence-electron chi connectivity index (χ3n) is 5.09. The van der Waals surface area contributed by atoms with Gasteiger partial charge in [0.2, 0.25) is 5.91 Å². The molecular weight excluding hydrogens is 316 g/mol. The van der Waals surface area contributed by atoms with Crippen LogP contribution < -0.4 is 4.90 Å². The molecule has 0 bridgehead atoms. The van der Waals surface area contributed by atoms with Gasteiger partial charge in [-0.1, -0.05) is 18.2 Å². The van der Waals surface area contributed by atoms with Crippen molar-refractivity contribution >= 4 is 17.4 Å². The largest absolute Gasteiger partial charge is 0.378 e. The van der Waals surface area contributed by atoms with Gasteiger partial charge < -0.3 is 19.4 Å². The van der Waals surface area contributed by atoms with Gasteiger partial charge in [0.15, 0.2) is 0 Å². The fourth-order valence-corrected chi connectivity index (χ4v) is 3.60. The van der Waals surface area contributed by atoms with Crippen molar-refractivity contribution in [1.82, 2.24) is 9.80 Å². The summed E-state index contributed by atoms with van der Waals surface area (Å²) in [5.74, 6) is 1.10. The lowest BCUT2D eigenvalue weighted by Gasteiger charge is -2.34. The Hall–Kier alpha value is -2.34. The van der Waals surface area contributed by atoms with Gasteiger partial charge in [-0.15, -0.1) is 0 Å². The fourth-order valence-electron chi connectivity index (χ4n) is 3.60. The molecule has 0 radical (unpaired) electrons. The standard InChI is InChI=1S/C19H24N4O2/c1-21-8-7-17(22-10-12-25-13-11-22)20-18(21)14-19(24)23-9-6-15-4-2-3-5-16(15)23/h2-5,7-8,18H,6,9-14H2,1H3. The van der Waals surface area contributed by atoms with E-state index in [4.69, 9.17) is 9.73 Å². The topological polar surface area (TPSA) is 48.4 Å². The Bertz CT molecular complexity index is 709. The first kappa shape index (κ1) is 16.1. The number of ether oxygens (including phenoxy) is 1. The first-order chi connectivity index (χ1) is 12.2. The van der Waals surface area contributed by atoms with E-state index >= 15 is 0 Å². The number of aliphatic imine (C=N–C) groups is 1. The van der Waals surface area contributed by atoms with Gasteiger partial charge in [0, 0.05) is 38.6 Å². The number of amides is 1. The lowest BCUT2D eigenvalue weighted by Crippen LogP contribution is -2.44. The molecule has 6 nitrogen and oxygen atoms in total. The Labute approximate surface area is 148 Å². The average Bonchev–Trinajstić information content (AvgIpc) is 3.08. The van der Waals surface area contributed by atoms with Gasteiger partial charge in [0.25, 0.3) is 0 Å². The number of carbonyl (C=O) groups is 1. The Balaban J connectivity index is 1.47.